The fraction of sp³-hybridized carbons (Fsp3) is 0.692. The van der Waals surface area contributed by atoms with Crippen molar-refractivity contribution in [2.45, 2.75) is 52.2 Å². The minimum atomic E-state index is -0.0504. The predicted octanol–water partition coefficient (Wildman–Crippen LogP) is 4.29. The Kier molecular flexibility index (Phi) is 5.20. The summed E-state index contributed by atoms with van der Waals surface area (Å²) in [5.41, 5.74) is 0.910. The molecule has 0 unspecified atom stereocenters. The highest BCUT2D eigenvalue weighted by atomic mass is 32.2. The van der Waals surface area contributed by atoms with Gasteiger partial charge in [-0.15, -0.1) is 11.3 Å². The van der Waals surface area contributed by atoms with Gasteiger partial charge in [-0.25, -0.2) is 4.98 Å². The minimum absolute atomic E-state index is 0.0504. The van der Waals surface area contributed by atoms with Gasteiger partial charge in [0, 0.05) is 18.1 Å². The van der Waals surface area contributed by atoms with Crippen molar-refractivity contribution < 1.29 is 4.79 Å². The van der Waals surface area contributed by atoms with Crippen molar-refractivity contribution in [2.75, 3.05) is 5.75 Å². The lowest BCUT2D eigenvalue weighted by atomic mass is 9.91. The number of rotatable bonds is 5. The molecular formula is C13H21NOS2. The van der Waals surface area contributed by atoms with Gasteiger partial charge in [0.05, 0.1) is 10.6 Å². The Morgan fingerprint density at radius 1 is 1.41 bits per heavy atom. The second-order valence-electron chi connectivity index (χ2n) is 5.14. The van der Waals surface area contributed by atoms with E-state index in [1.165, 1.54) is 6.42 Å². The predicted molar refractivity (Wildman–Crippen MR) is 77.3 cm³/mol. The summed E-state index contributed by atoms with van der Waals surface area (Å²) in [6.45, 7) is 10.1. The van der Waals surface area contributed by atoms with E-state index in [-0.39, 0.29) is 11.2 Å². The highest BCUT2D eigenvalue weighted by Gasteiger charge is 2.25. The molecule has 0 aliphatic heterocycles. The van der Waals surface area contributed by atoms with Gasteiger partial charge >= 0.3 is 0 Å². The summed E-state index contributed by atoms with van der Waals surface area (Å²) in [7, 11) is 0. The first-order valence-electron chi connectivity index (χ1n) is 5.95. The zero-order valence-electron chi connectivity index (χ0n) is 11.3. The Bertz CT molecular complexity index is 391. The number of carbonyl (C=O) groups excluding carboxylic acids is 1. The number of hydrogen-bond donors (Lipinski definition) is 0. The molecule has 0 aliphatic carbocycles. The summed E-state index contributed by atoms with van der Waals surface area (Å²) in [6.07, 6.45) is 1.18. The molecule has 1 heterocycles. The maximum Gasteiger partial charge on any atom is 0.171 e. The third kappa shape index (κ3) is 4.11. The van der Waals surface area contributed by atoms with Gasteiger partial charge in [0.25, 0.3) is 0 Å². The van der Waals surface area contributed by atoms with Crippen LogP contribution < -0.4 is 0 Å². The number of ketones is 1. The van der Waals surface area contributed by atoms with Crippen LogP contribution in [0.5, 0.6) is 0 Å². The van der Waals surface area contributed by atoms with E-state index in [1.807, 2.05) is 11.8 Å². The van der Waals surface area contributed by atoms with Crippen LogP contribution in [0.3, 0.4) is 0 Å². The van der Waals surface area contributed by atoms with Crippen LogP contribution in [-0.4, -0.2) is 16.5 Å². The third-order valence-corrected chi connectivity index (χ3v) is 4.79. The lowest BCUT2D eigenvalue weighted by Crippen LogP contribution is -2.15. The number of nitrogens with zero attached hydrogens (tertiary/aromatic N) is 1. The molecule has 1 rings (SSSR count). The molecule has 1 aromatic rings. The molecule has 0 atom stereocenters. The van der Waals surface area contributed by atoms with Crippen molar-refractivity contribution >= 4 is 28.9 Å². The van der Waals surface area contributed by atoms with Crippen molar-refractivity contribution in [1.29, 1.82) is 0 Å². The minimum Gasteiger partial charge on any atom is -0.294 e. The molecule has 0 amide bonds. The van der Waals surface area contributed by atoms with E-state index < -0.39 is 0 Å². The van der Waals surface area contributed by atoms with Gasteiger partial charge in [0.2, 0.25) is 0 Å². The van der Waals surface area contributed by atoms with Crippen molar-refractivity contribution in [3.8, 4) is 0 Å². The molecule has 96 valence electrons. The maximum atomic E-state index is 11.6. The van der Waals surface area contributed by atoms with E-state index in [2.05, 4.69) is 32.7 Å². The fourth-order valence-corrected chi connectivity index (χ4v) is 3.60. The van der Waals surface area contributed by atoms with E-state index in [4.69, 9.17) is 0 Å². The second-order valence-corrected chi connectivity index (χ2v) is 7.33. The Hall–Kier alpha value is -0.350. The van der Waals surface area contributed by atoms with Crippen molar-refractivity contribution in [1.82, 2.24) is 4.98 Å². The molecule has 0 saturated carbocycles. The SMILES string of the molecule is CCCSCc1nc(C(C)(C)C)c(C(C)=O)s1. The van der Waals surface area contributed by atoms with Crippen LogP contribution in [0.4, 0.5) is 0 Å². The molecule has 0 N–H and O–H groups in total. The fourth-order valence-electron chi connectivity index (χ4n) is 1.48. The maximum absolute atomic E-state index is 11.6. The van der Waals surface area contributed by atoms with Gasteiger partial charge in [-0.05, 0) is 12.2 Å². The van der Waals surface area contributed by atoms with Crippen LogP contribution in [-0.2, 0) is 11.2 Å². The van der Waals surface area contributed by atoms with Gasteiger partial charge in [-0.1, -0.05) is 27.7 Å². The summed E-state index contributed by atoms with van der Waals surface area (Å²) >= 11 is 3.45. The van der Waals surface area contributed by atoms with Crippen molar-refractivity contribution in [3.05, 3.63) is 15.6 Å². The number of thioether (sulfide) groups is 1. The normalized spacial score (nSPS) is 11.8. The van der Waals surface area contributed by atoms with Crippen LogP contribution >= 0.6 is 23.1 Å². The molecule has 4 heteroatoms. The molecular weight excluding hydrogens is 250 g/mol. The number of aromatic nitrogens is 1. The molecule has 0 radical (unpaired) electrons. The summed E-state index contributed by atoms with van der Waals surface area (Å²) in [6, 6.07) is 0. The number of hydrogen-bond acceptors (Lipinski definition) is 4. The number of thiazole rings is 1. The Morgan fingerprint density at radius 2 is 2.06 bits per heavy atom. The number of carbonyl (C=O) groups is 1. The molecule has 1 aromatic heterocycles. The van der Waals surface area contributed by atoms with Crippen molar-refractivity contribution in [3.63, 3.8) is 0 Å². The first kappa shape index (κ1) is 14.7. The molecule has 0 spiro atoms. The summed E-state index contributed by atoms with van der Waals surface area (Å²) < 4.78 is 0. The van der Waals surface area contributed by atoms with Crippen molar-refractivity contribution in [2.24, 2.45) is 0 Å². The molecule has 0 aromatic carbocycles. The molecule has 0 saturated heterocycles. The Labute approximate surface area is 112 Å². The van der Waals surface area contributed by atoms with E-state index >= 15 is 0 Å². The Morgan fingerprint density at radius 3 is 2.47 bits per heavy atom. The standard InChI is InChI=1S/C13H21NOS2/c1-6-7-16-8-10-14-12(13(3,4)5)11(17-10)9(2)15/h6-8H2,1-5H3. The van der Waals surface area contributed by atoms with Crippen LogP contribution in [0.15, 0.2) is 0 Å². The lowest BCUT2D eigenvalue weighted by molar-refractivity contribution is 0.101. The van der Waals surface area contributed by atoms with Gasteiger partial charge in [0.1, 0.15) is 5.01 Å². The van der Waals surface area contributed by atoms with E-state index in [0.717, 1.165) is 27.1 Å². The quantitative estimate of drug-likeness (QED) is 0.591. The summed E-state index contributed by atoms with van der Waals surface area (Å²) in [4.78, 5) is 17.1. The van der Waals surface area contributed by atoms with Crippen LogP contribution in [0.2, 0.25) is 0 Å². The average Bonchev–Trinajstić information content (AvgIpc) is 2.62. The van der Waals surface area contributed by atoms with Crippen LogP contribution in [0, 0.1) is 0 Å². The van der Waals surface area contributed by atoms with Gasteiger partial charge < -0.3 is 0 Å². The zero-order valence-corrected chi connectivity index (χ0v) is 12.9. The van der Waals surface area contributed by atoms with Gasteiger partial charge in [-0.2, -0.15) is 11.8 Å². The van der Waals surface area contributed by atoms with E-state index in [0.29, 0.717) is 0 Å². The topological polar surface area (TPSA) is 30.0 Å². The second kappa shape index (κ2) is 6.01. The van der Waals surface area contributed by atoms with E-state index in [9.17, 15) is 4.79 Å². The molecule has 0 fully saturated rings. The van der Waals surface area contributed by atoms with Crippen LogP contribution in [0.1, 0.15) is 61.4 Å². The van der Waals surface area contributed by atoms with Gasteiger partial charge in [-0.3, -0.25) is 4.79 Å². The van der Waals surface area contributed by atoms with E-state index in [1.54, 1.807) is 18.3 Å². The number of Topliss-reactive ketones (excluding diaryl/α,β-unsaturated/α-hetero) is 1. The molecule has 0 aliphatic rings. The first-order valence-corrected chi connectivity index (χ1v) is 7.92. The van der Waals surface area contributed by atoms with Crippen LogP contribution in [0.25, 0.3) is 0 Å². The molecule has 0 bridgehead atoms. The zero-order chi connectivity index (χ0) is 13.1. The monoisotopic (exact) mass is 271 g/mol. The lowest BCUT2D eigenvalue weighted by Gasteiger charge is -2.16. The Balaban J connectivity index is 2.93. The molecule has 2 nitrogen and oxygen atoms in total. The first-order chi connectivity index (χ1) is 7.86. The average molecular weight is 271 g/mol. The summed E-state index contributed by atoms with van der Waals surface area (Å²) in [5, 5.41) is 1.08. The summed E-state index contributed by atoms with van der Waals surface area (Å²) in [5.74, 6) is 2.22. The third-order valence-electron chi connectivity index (χ3n) is 2.28. The molecule has 17 heavy (non-hydrogen) atoms. The smallest absolute Gasteiger partial charge is 0.171 e. The highest BCUT2D eigenvalue weighted by molar-refractivity contribution is 7.98. The highest BCUT2D eigenvalue weighted by Crippen LogP contribution is 2.31. The largest absolute Gasteiger partial charge is 0.294 e. The van der Waals surface area contributed by atoms with Gasteiger partial charge in [0.15, 0.2) is 5.78 Å².